The monoisotopic (exact) mass is 357 g/mol. The van der Waals surface area contributed by atoms with Crippen LogP contribution in [-0.4, -0.2) is 49.5 Å². The molecule has 2 aromatic rings. The van der Waals surface area contributed by atoms with Gasteiger partial charge in [0.2, 0.25) is 15.9 Å². The van der Waals surface area contributed by atoms with Crippen LogP contribution in [-0.2, 0) is 14.8 Å². The Morgan fingerprint density at radius 1 is 1.35 bits per heavy atom. The normalized spacial score (nSPS) is 12.0. The molecule has 0 bridgehead atoms. The number of amides is 1. The summed E-state index contributed by atoms with van der Waals surface area (Å²) >= 11 is 1.16. The van der Waals surface area contributed by atoms with E-state index in [1.807, 2.05) is 0 Å². The van der Waals surface area contributed by atoms with Gasteiger partial charge in [0.25, 0.3) is 5.22 Å². The molecule has 23 heavy (non-hydrogen) atoms. The van der Waals surface area contributed by atoms with E-state index >= 15 is 0 Å². The van der Waals surface area contributed by atoms with Crippen LogP contribution in [0.2, 0.25) is 0 Å². The first-order valence-corrected chi connectivity index (χ1v) is 9.59. The lowest BCUT2D eigenvalue weighted by atomic mass is 10.3. The smallest absolute Gasteiger partial charge is 0.257 e. The summed E-state index contributed by atoms with van der Waals surface area (Å²) in [6, 6.07) is 4.59. The molecule has 126 valence electrons. The predicted octanol–water partition coefficient (Wildman–Crippen LogP) is 1.70. The number of fused-ring (bicyclic) bond motifs is 1. The molecule has 0 spiro atoms. The average Bonchev–Trinajstić information content (AvgIpc) is 2.95. The summed E-state index contributed by atoms with van der Waals surface area (Å²) in [5.74, 6) is 0.0514. The minimum Gasteiger partial charge on any atom is -0.431 e. The molecule has 0 aliphatic heterocycles. The standard InChI is InChI=1S/C14H19N3O4S2/c1-4-17(5-2)23(19,20)10-6-7-12-11(8-10)16-14(21-12)22-9-13(18)15-3/h6-8H,4-5,9H2,1-3H3,(H,15,18). The van der Waals surface area contributed by atoms with Crippen LogP contribution in [0, 0.1) is 0 Å². The second-order valence-electron chi connectivity index (χ2n) is 4.66. The maximum atomic E-state index is 12.5. The molecule has 1 amide bonds. The van der Waals surface area contributed by atoms with E-state index in [0.29, 0.717) is 29.4 Å². The van der Waals surface area contributed by atoms with Crippen LogP contribution in [0.5, 0.6) is 0 Å². The fourth-order valence-corrected chi connectivity index (χ4v) is 4.21. The topological polar surface area (TPSA) is 92.5 Å². The molecule has 0 saturated carbocycles. The number of rotatable bonds is 7. The van der Waals surface area contributed by atoms with Crippen LogP contribution in [0.4, 0.5) is 0 Å². The molecular weight excluding hydrogens is 338 g/mol. The Morgan fingerprint density at radius 3 is 2.65 bits per heavy atom. The molecule has 0 unspecified atom stereocenters. The highest BCUT2D eigenvalue weighted by atomic mass is 32.2. The molecule has 0 fully saturated rings. The number of oxazole rings is 1. The lowest BCUT2D eigenvalue weighted by Crippen LogP contribution is -2.30. The average molecular weight is 357 g/mol. The minimum atomic E-state index is -3.53. The number of benzene rings is 1. The summed E-state index contributed by atoms with van der Waals surface area (Å²) in [5.41, 5.74) is 0.945. The van der Waals surface area contributed by atoms with E-state index in [0.717, 1.165) is 11.8 Å². The van der Waals surface area contributed by atoms with E-state index in [1.54, 1.807) is 27.0 Å². The van der Waals surface area contributed by atoms with Gasteiger partial charge in [-0.2, -0.15) is 4.31 Å². The highest BCUT2D eigenvalue weighted by molar-refractivity contribution is 7.99. The maximum absolute atomic E-state index is 12.5. The van der Waals surface area contributed by atoms with Crippen molar-refractivity contribution in [2.75, 3.05) is 25.9 Å². The molecule has 0 atom stereocenters. The molecule has 1 aromatic carbocycles. The van der Waals surface area contributed by atoms with Gasteiger partial charge in [0.05, 0.1) is 10.6 Å². The van der Waals surface area contributed by atoms with E-state index in [9.17, 15) is 13.2 Å². The van der Waals surface area contributed by atoms with Gasteiger partial charge >= 0.3 is 0 Å². The van der Waals surface area contributed by atoms with E-state index in [4.69, 9.17) is 4.42 Å². The van der Waals surface area contributed by atoms with Crippen LogP contribution in [0.25, 0.3) is 11.1 Å². The quantitative estimate of drug-likeness (QED) is 0.758. The van der Waals surface area contributed by atoms with Crippen LogP contribution < -0.4 is 5.32 Å². The van der Waals surface area contributed by atoms with E-state index in [2.05, 4.69) is 10.3 Å². The Hall–Kier alpha value is -1.58. The lowest BCUT2D eigenvalue weighted by molar-refractivity contribution is -0.118. The van der Waals surface area contributed by atoms with Crippen molar-refractivity contribution in [1.82, 2.24) is 14.6 Å². The Balaban J connectivity index is 2.30. The number of nitrogens with zero attached hydrogens (tertiary/aromatic N) is 2. The second kappa shape index (κ2) is 7.33. The highest BCUT2D eigenvalue weighted by Gasteiger charge is 2.22. The third-order valence-corrected chi connectivity index (χ3v) is 6.16. The first-order valence-electron chi connectivity index (χ1n) is 7.16. The van der Waals surface area contributed by atoms with Gasteiger partial charge in [-0.3, -0.25) is 4.79 Å². The summed E-state index contributed by atoms with van der Waals surface area (Å²) in [4.78, 5) is 15.7. The molecule has 1 heterocycles. The zero-order chi connectivity index (χ0) is 17.0. The Labute approximate surface area is 139 Å². The zero-order valence-electron chi connectivity index (χ0n) is 13.2. The molecule has 9 heteroatoms. The number of carbonyl (C=O) groups excluding carboxylic acids is 1. The van der Waals surface area contributed by atoms with Gasteiger partial charge in [0.1, 0.15) is 5.52 Å². The second-order valence-corrected chi connectivity index (χ2v) is 7.53. The first-order chi connectivity index (χ1) is 10.9. The first kappa shape index (κ1) is 17.8. The number of sulfonamides is 1. The van der Waals surface area contributed by atoms with E-state index < -0.39 is 10.0 Å². The minimum absolute atomic E-state index is 0.137. The molecule has 0 aliphatic rings. The Kier molecular flexibility index (Phi) is 5.66. The summed E-state index contributed by atoms with van der Waals surface area (Å²) < 4.78 is 31.9. The summed E-state index contributed by atoms with van der Waals surface area (Å²) in [5, 5.41) is 2.84. The SMILES string of the molecule is CCN(CC)S(=O)(=O)c1ccc2oc(SCC(=O)NC)nc2c1. The molecule has 0 saturated heterocycles. The van der Waals surface area contributed by atoms with Crippen molar-refractivity contribution in [1.29, 1.82) is 0 Å². The van der Waals surface area contributed by atoms with Gasteiger partial charge in [-0.15, -0.1) is 0 Å². The van der Waals surface area contributed by atoms with Crippen LogP contribution >= 0.6 is 11.8 Å². The van der Waals surface area contributed by atoms with Crippen molar-refractivity contribution in [3.63, 3.8) is 0 Å². The molecular formula is C14H19N3O4S2. The summed E-state index contributed by atoms with van der Waals surface area (Å²) in [6.45, 7) is 4.40. The largest absolute Gasteiger partial charge is 0.431 e. The predicted molar refractivity (Wildman–Crippen MR) is 88.9 cm³/mol. The van der Waals surface area contributed by atoms with Crippen LogP contribution in [0.15, 0.2) is 32.7 Å². The Bertz CT molecular complexity index is 797. The van der Waals surface area contributed by atoms with Crippen molar-refractivity contribution in [3.8, 4) is 0 Å². The number of hydrogen-bond acceptors (Lipinski definition) is 6. The van der Waals surface area contributed by atoms with Gasteiger partial charge in [0, 0.05) is 20.1 Å². The number of aromatic nitrogens is 1. The van der Waals surface area contributed by atoms with Crippen LogP contribution in [0.3, 0.4) is 0 Å². The fraction of sp³-hybridized carbons (Fsp3) is 0.429. The summed E-state index contributed by atoms with van der Waals surface area (Å²) in [7, 11) is -1.98. The van der Waals surface area contributed by atoms with Gasteiger partial charge in [-0.25, -0.2) is 13.4 Å². The number of thioether (sulfide) groups is 1. The van der Waals surface area contributed by atoms with Crippen molar-refractivity contribution in [3.05, 3.63) is 18.2 Å². The van der Waals surface area contributed by atoms with Crippen molar-refractivity contribution in [2.24, 2.45) is 0 Å². The van der Waals surface area contributed by atoms with E-state index in [-0.39, 0.29) is 16.6 Å². The van der Waals surface area contributed by atoms with Crippen molar-refractivity contribution in [2.45, 2.75) is 24.0 Å². The number of carbonyl (C=O) groups is 1. The molecule has 1 aromatic heterocycles. The maximum Gasteiger partial charge on any atom is 0.257 e. The number of nitrogens with one attached hydrogen (secondary N) is 1. The molecule has 2 rings (SSSR count). The van der Waals surface area contributed by atoms with Crippen molar-refractivity contribution < 1.29 is 17.6 Å². The van der Waals surface area contributed by atoms with E-state index in [1.165, 1.54) is 16.4 Å². The molecule has 1 N–H and O–H groups in total. The van der Waals surface area contributed by atoms with Crippen molar-refractivity contribution >= 4 is 38.8 Å². The molecule has 7 nitrogen and oxygen atoms in total. The van der Waals surface area contributed by atoms with Gasteiger partial charge in [-0.05, 0) is 18.2 Å². The third kappa shape index (κ3) is 3.85. The van der Waals surface area contributed by atoms with Crippen LogP contribution in [0.1, 0.15) is 13.8 Å². The van der Waals surface area contributed by atoms with Gasteiger partial charge in [0.15, 0.2) is 5.58 Å². The fourth-order valence-electron chi connectivity index (χ4n) is 2.02. The summed E-state index contributed by atoms with van der Waals surface area (Å²) in [6.07, 6.45) is 0. The third-order valence-electron chi connectivity index (χ3n) is 3.29. The lowest BCUT2D eigenvalue weighted by Gasteiger charge is -2.18. The number of hydrogen-bond donors (Lipinski definition) is 1. The zero-order valence-corrected chi connectivity index (χ0v) is 14.8. The van der Waals surface area contributed by atoms with Gasteiger partial charge in [-0.1, -0.05) is 25.6 Å². The molecule has 0 radical (unpaired) electrons. The Morgan fingerprint density at radius 2 is 2.04 bits per heavy atom. The van der Waals surface area contributed by atoms with Gasteiger partial charge < -0.3 is 9.73 Å². The highest BCUT2D eigenvalue weighted by Crippen LogP contribution is 2.26. The molecule has 0 aliphatic carbocycles.